The van der Waals surface area contributed by atoms with Crippen molar-refractivity contribution in [1.29, 1.82) is 0 Å². The molecule has 124 valence electrons. The lowest BCUT2D eigenvalue weighted by Crippen LogP contribution is -2.16. The van der Waals surface area contributed by atoms with Crippen molar-refractivity contribution in [2.45, 2.75) is 31.5 Å². The number of hydrogen-bond donors (Lipinski definition) is 2. The molecule has 2 aromatic heterocycles. The summed E-state index contributed by atoms with van der Waals surface area (Å²) in [6.45, 7) is 4.26. The highest BCUT2D eigenvalue weighted by molar-refractivity contribution is 7.99. The van der Waals surface area contributed by atoms with Crippen LogP contribution < -0.4 is 10.9 Å². The van der Waals surface area contributed by atoms with Gasteiger partial charge in [0.1, 0.15) is 5.01 Å². The Morgan fingerprint density at radius 3 is 2.91 bits per heavy atom. The Morgan fingerprint density at radius 1 is 1.48 bits per heavy atom. The lowest BCUT2D eigenvalue weighted by molar-refractivity contribution is -0.113. The van der Waals surface area contributed by atoms with E-state index in [9.17, 15) is 9.59 Å². The van der Waals surface area contributed by atoms with Crippen molar-refractivity contribution in [1.82, 2.24) is 20.2 Å². The maximum absolute atomic E-state index is 11.9. The number of amides is 1. The fourth-order valence-corrected chi connectivity index (χ4v) is 3.04. The molecule has 0 aliphatic rings. The average Bonchev–Trinajstić information content (AvgIpc) is 2.94. The van der Waals surface area contributed by atoms with Crippen LogP contribution in [0.15, 0.2) is 16.0 Å². The van der Waals surface area contributed by atoms with Crippen molar-refractivity contribution in [2.24, 2.45) is 0 Å². The van der Waals surface area contributed by atoms with Crippen molar-refractivity contribution < 1.29 is 9.53 Å². The highest BCUT2D eigenvalue weighted by Gasteiger charge is 2.11. The number of carbonyl (C=O) groups excluding carboxylic acids is 1. The maximum atomic E-state index is 11.9. The topological polar surface area (TPSA) is 110 Å². The molecule has 8 nitrogen and oxygen atoms in total. The van der Waals surface area contributed by atoms with Crippen LogP contribution in [0.4, 0.5) is 5.13 Å². The Morgan fingerprint density at radius 2 is 2.26 bits per heavy atom. The van der Waals surface area contributed by atoms with E-state index in [0.29, 0.717) is 16.0 Å². The molecule has 0 aromatic carbocycles. The summed E-state index contributed by atoms with van der Waals surface area (Å²) in [4.78, 5) is 30.2. The van der Waals surface area contributed by atoms with Crippen molar-refractivity contribution in [3.63, 3.8) is 0 Å². The first kappa shape index (κ1) is 17.6. The quantitative estimate of drug-likeness (QED) is 0.573. The third-order valence-corrected chi connectivity index (χ3v) is 4.60. The van der Waals surface area contributed by atoms with Gasteiger partial charge in [-0.15, -0.1) is 10.2 Å². The Kier molecular flexibility index (Phi) is 6.25. The first-order valence-electron chi connectivity index (χ1n) is 6.83. The summed E-state index contributed by atoms with van der Waals surface area (Å²) in [7, 11) is 1.52. The predicted molar refractivity (Wildman–Crippen MR) is 88.9 cm³/mol. The van der Waals surface area contributed by atoms with Crippen LogP contribution in [0.2, 0.25) is 0 Å². The third kappa shape index (κ3) is 5.41. The van der Waals surface area contributed by atoms with Gasteiger partial charge >= 0.3 is 0 Å². The van der Waals surface area contributed by atoms with E-state index in [-0.39, 0.29) is 29.7 Å². The third-order valence-electron chi connectivity index (χ3n) is 2.59. The molecule has 0 atom stereocenters. The maximum Gasteiger partial charge on any atom is 0.251 e. The normalized spacial score (nSPS) is 11.0. The Balaban J connectivity index is 1.92. The zero-order valence-electron chi connectivity index (χ0n) is 13.0. The molecule has 0 radical (unpaired) electrons. The van der Waals surface area contributed by atoms with E-state index in [1.807, 2.05) is 13.8 Å². The Labute approximate surface area is 141 Å². The largest absolute Gasteiger partial charge is 0.378 e. The highest BCUT2D eigenvalue weighted by atomic mass is 32.2. The number of ether oxygens (including phenoxy) is 1. The molecule has 2 rings (SSSR count). The molecule has 2 aromatic rings. The van der Waals surface area contributed by atoms with Gasteiger partial charge in [0, 0.05) is 19.1 Å². The number of H-pyrrole nitrogens is 1. The van der Waals surface area contributed by atoms with E-state index in [4.69, 9.17) is 4.74 Å². The second-order valence-corrected chi connectivity index (χ2v) is 6.89. The molecule has 2 heterocycles. The summed E-state index contributed by atoms with van der Waals surface area (Å²) in [5, 5.41) is 12.3. The first-order chi connectivity index (χ1) is 11.0. The predicted octanol–water partition coefficient (Wildman–Crippen LogP) is 1.62. The molecule has 23 heavy (non-hydrogen) atoms. The molecule has 0 saturated heterocycles. The number of hydrogen-bond acceptors (Lipinski definition) is 8. The number of aromatic amines is 1. The second kappa shape index (κ2) is 8.18. The summed E-state index contributed by atoms with van der Waals surface area (Å²) in [5.74, 6) is 0.141. The van der Waals surface area contributed by atoms with Gasteiger partial charge in [0.2, 0.25) is 11.0 Å². The SMILES string of the molecule is COCc1cc(=O)[nH]c(SCC(=O)Nc2nnc(C(C)C)s2)n1. The summed E-state index contributed by atoms with van der Waals surface area (Å²) in [6, 6.07) is 1.36. The van der Waals surface area contributed by atoms with Gasteiger partial charge in [-0.3, -0.25) is 14.9 Å². The monoisotopic (exact) mass is 355 g/mol. The number of nitrogens with one attached hydrogen (secondary N) is 2. The van der Waals surface area contributed by atoms with E-state index < -0.39 is 0 Å². The van der Waals surface area contributed by atoms with Gasteiger partial charge in [-0.05, 0) is 0 Å². The van der Waals surface area contributed by atoms with Crippen LogP contribution in [0.1, 0.15) is 30.5 Å². The molecule has 0 bridgehead atoms. The average molecular weight is 355 g/mol. The molecule has 0 unspecified atom stereocenters. The molecule has 0 saturated carbocycles. The Bertz CT molecular complexity index is 728. The van der Waals surface area contributed by atoms with Crippen molar-refractivity contribution in [3.05, 3.63) is 27.1 Å². The van der Waals surface area contributed by atoms with Crippen LogP contribution in [0.3, 0.4) is 0 Å². The zero-order valence-corrected chi connectivity index (χ0v) is 14.6. The fourth-order valence-electron chi connectivity index (χ4n) is 1.58. The molecule has 1 amide bonds. The first-order valence-corrected chi connectivity index (χ1v) is 8.63. The Hall–Kier alpha value is -1.78. The summed E-state index contributed by atoms with van der Waals surface area (Å²) in [5.41, 5.74) is 0.241. The molecule has 0 aliphatic carbocycles. The lowest BCUT2D eigenvalue weighted by atomic mass is 10.2. The van der Waals surface area contributed by atoms with Crippen LogP contribution in [-0.2, 0) is 16.1 Å². The van der Waals surface area contributed by atoms with Gasteiger partial charge < -0.3 is 9.72 Å². The van der Waals surface area contributed by atoms with E-state index in [1.165, 1.54) is 24.5 Å². The second-order valence-electron chi connectivity index (χ2n) is 4.91. The van der Waals surface area contributed by atoms with Crippen LogP contribution in [0.5, 0.6) is 0 Å². The van der Waals surface area contributed by atoms with Crippen LogP contribution in [0, 0.1) is 0 Å². The van der Waals surface area contributed by atoms with Crippen molar-refractivity contribution in [3.8, 4) is 0 Å². The number of rotatable bonds is 7. The molecule has 10 heteroatoms. The lowest BCUT2D eigenvalue weighted by Gasteiger charge is -2.03. The number of thioether (sulfide) groups is 1. The number of anilines is 1. The minimum Gasteiger partial charge on any atom is -0.378 e. The zero-order chi connectivity index (χ0) is 16.8. The van der Waals surface area contributed by atoms with Gasteiger partial charge in [0.25, 0.3) is 5.56 Å². The van der Waals surface area contributed by atoms with E-state index in [1.54, 1.807) is 0 Å². The van der Waals surface area contributed by atoms with Crippen molar-refractivity contribution in [2.75, 3.05) is 18.2 Å². The van der Waals surface area contributed by atoms with Crippen LogP contribution in [-0.4, -0.2) is 38.9 Å². The van der Waals surface area contributed by atoms with E-state index in [2.05, 4.69) is 25.5 Å². The molecular formula is C13H17N5O3S2. The van der Waals surface area contributed by atoms with Gasteiger partial charge in [0.15, 0.2) is 5.16 Å². The minimum absolute atomic E-state index is 0.107. The van der Waals surface area contributed by atoms with Crippen LogP contribution >= 0.6 is 23.1 Å². The van der Waals surface area contributed by atoms with E-state index in [0.717, 1.165) is 16.8 Å². The van der Waals surface area contributed by atoms with Gasteiger partial charge in [0.05, 0.1) is 18.1 Å². The number of carbonyl (C=O) groups is 1. The molecule has 2 N–H and O–H groups in total. The molecule has 0 spiro atoms. The molecule has 0 fully saturated rings. The summed E-state index contributed by atoms with van der Waals surface area (Å²) < 4.78 is 4.95. The van der Waals surface area contributed by atoms with Gasteiger partial charge in [-0.25, -0.2) is 4.98 Å². The summed E-state index contributed by atoms with van der Waals surface area (Å²) in [6.07, 6.45) is 0. The summed E-state index contributed by atoms with van der Waals surface area (Å²) >= 11 is 2.49. The van der Waals surface area contributed by atoms with Crippen LogP contribution in [0.25, 0.3) is 0 Å². The van der Waals surface area contributed by atoms with Gasteiger partial charge in [-0.2, -0.15) is 0 Å². The van der Waals surface area contributed by atoms with Crippen molar-refractivity contribution >= 4 is 34.1 Å². The number of aromatic nitrogens is 4. The smallest absolute Gasteiger partial charge is 0.251 e. The minimum atomic E-state index is -0.277. The van der Waals surface area contributed by atoms with Gasteiger partial charge in [-0.1, -0.05) is 36.9 Å². The van der Waals surface area contributed by atoms with E-state index >= 15 is 0 Å². The fraction of sp³-hybridized carbons (Fsp3) is 0.462. The molecule has 0 aliphatic heterocycles. The molecular weight excluding hydrogens is 338 g/mol. The number of methoxy groups -OCH3 is 1. The number of nitrogens with zero attached hydrogens (tertiary/aromatic N) is 3. The standard InChI is InChI=1S/C13H17N5O3S2/c1-7(2)11-17-18-13(23-11)16-10(20)6-22-12-14-8(5-21-3)4-9(19)15-12/h4,7H,5-6H2,1-3H3,(H,14,15,19)(H,16,18,20). The highest BCUT2D eigenvalue weighted by Crippen LogP contribution is 2.22.